The van der Waals surface area contributed by atoms with Crippen molar-refractivity contribution in [1.82, 2.24) is 5.32 Å². The molecule has 1 heterocycles. The van der Waals surface area contributed by atoms with Gasteiger partial charge in [0.2, 0.25) is 0 Å². The molecular weight excluding hydrogens is 206 g/mol. The predicted octanol–water partition coefficient (Wildman–Crippen LogP) is 1.34. The van der Waals surface area contributed by atoms with E-state index >= 15 is 0 Å². The first kappa shape index (κ1) is 13.6. The number of carbonyl (C=O) groups is 1. The molecule has 0 saturated carbocycles. The highest BCUT2D eigenvalue weighted by Gasteiger charge is 2.29. The third-order valence-corrected chi connectivity index (χ3v) is 3.20. The van der Waals surface area contributed by atoms with Crippen LogP contribution in [0.15, 0.2) is 0 Å². The quantitative estimate of drug-likeness (QED) is 0.698. The van der Waals surface area contributed by atoms with Crippen LogP contribution in [0.3, 0.4) is 0 Å². The lowest BCUT2D eigenvalue weighted by molar-refractivity contribution is -0.124. The van der Waals surface area contributed by atoms with Crippen molar-refractivity contribution in [2.75, 3.05) is 20.3 Å². The highest BCUT2D eigenvalue weighted by Crippen LogP contribution is 2.20. The maximum Gasteiger partial charge on any atom is 0.149 e. The molecule has 0 spiro atoms. The zero-order valence-corrected chi connectivity index (χ0v) is 10.5. The van der Waals surface area contributed by atoms with E-state index in [2.05, 4.69) is 5.32 Å². The maximum atomic E-state index is 11.9. The summed E-state index contributed by atoms with van der Waals surface area (Å²) in [6, 6.07) is -0.0798. The van der Waals surface area contributed by atoms with Crippen molar-refractivity contribution in [3.05, 3.63) is 0 Å². The number of methoxy groups -OCH3 is 1. The van der Waals surface area contributed by atoms with Gasteiger partial charge >= 0.3 is 0 Å². The second kappa shape index (κ2) is 6.99. The van der Waals surface area contributed by atoms with Crippen LogP contribution in [-0.4, -0.2) is 38.4 Å². The Bertz CT molecular complexity index is 214. The molecule has 1 rings (SSSR count). The molecule has 4 nitrogen and oxygen atoms in total. The minimum atomic E-state index is -0.0802. The molecule has 1 fully saturated rings. The Kier molecular flexibility index (Phi) is 5.95. The highest BCUT2D eigenvalue weighted by molar-refractivity contribution is 5.84. The highest BCUT2D eigenvalue weighted by atomic mass is 16.5. The predicted molar refractivity (Wildman–Crippen MR) is 62.2 cm³/mol. The molecule has 2 atom stereocenters. The van der Waals surface area contributed by atoms with Gasteiger partial charge in [-0.2, -0.15) is 0 Å². The first-order valence-corrected chi connectivity index (χ1v) is 6.08. The zero-order chi connectivity index (χ0) is 12.0. The number of hydrogen-bond acceptors (Lipinski definition) is 4. The van der Waals surface area contributed by atoms with Crippen molar-refractivity contribution in [2.24, 2.45) is 5.92 Å². The van der Waals surface area contributed by atoms with Crippen molar-refractivity contribution in [1.29, 1.82) is 0 Å². The number of carbonyl (C=O) groups excluding carboxylic acids is 1. The first-order valence-electron chi connectivity index (χ1n) is 6.08. The van der Waals surface area contributed by atoms with Gasteiger partial charge in [-0.3, -0.25) is 10.1 Å². The van der Waals surface area contributed by atoms with E-state index in [1.165, 1.54) is 0 Å². The van der Waals surface area contributed by atoms with Crippen molar-refractivity contribution in [3.8, 4) is 0 Å². The minimum absolute atomic E-state index is 0.0798. The van der Waals surface area contributed by atoms with E-state index in [0.717, 1.165) is 26.1 Å². The largest absolute Gasteiger partial charge is 0.381 e. The molecule has 1 N–H and O–H groups in total. The summed E-state index contributed by atoms with van der Waals surface area (Å²) in [6.45, 7) is 5.37. The monoisotopic (exact) mass is 229 g/mol. The Morgan fingerprint density at radius 2 is 2.12 bits per heavy atom. The smallest absolute Gasteiger partial charge is 0.149 e. The van der Waals surface area contributed by atoms with Gasteiger partial charge < -0.3 is 9.47 Å². The molecule has 0 aromatic rings. The van der Waals surface area contributed by atoms with Gasteiger partial charge in [-0.15, -0.1) is 0 Å². The average molecular weight is 229 g/mol. The van der Waals surface area contributed by atoms with Crippen molar-refractivity contribution >= 4 is 5.78 Å². The number of rotatable bonds is 6. The average Bonchev–Trinajstić information content (AvgIpc) is 2.35. The van der Waals surface area contributed by atoms with Gasteiger partial charge in [0.05, 0.1) is 6.04 Å². The van der Waals surface area contributed by atoms with Crippen LogP contribution in [-0.2, 0) is 14.3 Å². The summed E-state index contributed by atoms with van der Waals surface area (Å²) < 4.78 is 10.5. The van der Waals surface area contributed by atoms with Crippen LogP contribution in [0.5, 0.6) is 0 Å². The molecule has 0 aromatic heterocycles. The summed E-state index contributed by atoms with van der Waals surface area (Å²) in [5.41, 5.74) is 0. The Morgan fingerprint density at radius 1 is 1.50 bits per heavy atom. The lowest BCUT2D eigenvalue weighted by Gasteiger charge is -2.31. The van der Waals surface area contributed by atoms with E-state index in [0.29, 0.717) is 12.3 Å². The maximum absolute atomic E-state index is 11.9. The summed E-state index contributed by atoms with van der Waals surface area (Å²) in [5, 5.41) is 3.26. The zero-order valence-electron chi connectivity index (χ0n) is 10.5. The van der Waals surface area contributed by atoms with Gasteiger partial charge in [-0.05, 0) is 25.7 Å². The van der Waals surface area contributed by atoms with E-state index in [1.807, 2.05) is 13.8 Å². The van der Waals surface area contributed by atoms with Crippen LogP contribution in [0.2, 0.25) is 0 Å². The summed E-state index contributed by atoms with van der Waals surface area (Å²) >= 11 is 0. The van der Waals surface area contributed by atoms with Crippen LogP contribution < -0.4 is 5.32 Å². The van der Waals surface area contributed by atoms with Gasteiger partial charge in [0.15, 0.2) is 0 Å². The summed E-state index contributed by atoms with van der Waals surface area (Å²) in [4.78, 5) is 11.9. The van der Waals surface area contributed by atoms with Crippen LogP contribution in [0, 0.1) is 5.92 Å². The first-order chi connectivity index (χ1) is 7.69. The third-order valence-electron chi connectivity index (χ3n) is 3.20. The fraction of sp³-hybridized carbons (Fsp3) is 0.917. The van der Waals surface area contributed by atoms with E-state index in [9.17, 15) is 4.79 Å². The molecule has 4 heteroatoms. The fourth-order valence-corrected chi connectivity index (χ4v) is 2.08. The van der Waals surface area contributed by atoms with Crippen molar-refractivity contribution < 1.29 is 14.3 Å². The van der Waals surface area contributed by atoms with Crippen LogP contribution >= 0.6 is 0 Å². The van der Waals surface area contributed by atoms with Crippen molar-refractivity contribution in [2.45, 2.75) is 45.4 Å². The van der Waals surface area contributed by atoms with E-state index < -0.39 is 0 Å². The van der Waals surface area contributed by atoms with Gasteiger partial charge in [0.1, 0.15) is 12.0 Å². The molecule has 0 aromatic carbocycles. The third kappa shape index (κ3) is 3.85. The van der Waals surface area contributed by atoms with Gasteiger partial charge in [0.25, 0.3) is 0 Å². The molecule has 0 aliphatic carbocycles. The molecule has 0 radical (unpaired) electrons. The molecule has 94 valence electrons. The van der Waals surface area contributed by atoms with Crippen molar-refractivity contribution in [3.63, 3.8) is 0 Å². The molecule has 1 aliphatic heterocycles. The number of hydrogen-bond donors (Lipinski definition) is 1. The topological polar surface area (TPSA) is 47.6 Å². The van der Waals surface area contributed by atoms with Crippen LogP contribution in [0.4, 0.5) is 0 Å². The summed E-state index contributed by atoms with van der Waals surface area (Å²) in [6.07, 6.45) is 2.41. The van der Waals surface area contributed by atoms with Gasteiger partial charge in [-0.25, -0.2) is 0 Å². The second-order valence-corrected chi connectivity index (χ2v) is 4.29. The minimum Gasteiger partial charge on any atom is -0.381 e. The summed E-state index contributed by atoms with van der Waals surface area (Å²) in [5.74, 6) is 0.662. The number of ketones is 1. The Balaban J connectivity index is 2.58. The molecule has 1 unspecified atom stereocenters. The molecule has 1 aliphatic rings. The summed E-state index contributed by atoms with van der Waals surface area (Å²) in [7, 11) is 1.65. The molecule has 1 saturated heterocycles. The SMILES string of the molecule is CCC(=O)[C@@H](NC(C)OC)C1CCOCC1. The van der Waals surface area contributed by atoms with E-state index in [-0.39, 0.29) is 18.1 Å². The number of ether oxygens (including phenoxy) is 2. The molecule has 0 amide bonds. The lowest BCUT2D eigenvalue weighted by Crippen LogP contribution is -2.48. The van der Waals surface area contributed by atoms with Crippen LogP contribution in [0.1, 0.15) is 33.1 Å². The molecule has 0 bridgehead atoms. The Morgan fingerprint density at radius 3 is 2.62 bits per heavy atom. The van der Waals surface area contributed by atoms with E-state index in [4.69, 9.17) is 9.47 Å². The standard InChI is InChI=1S/C12H23NO3/c1-4-11(14)12(13-9(2)15-3)10-5-7-16-8-6-10/h9-10,12-13H,4-8H2,1-3H3/t9?,12-/m0/s1. The van der Waals surface area contributed by atoms with Gasteiger partial charge in [0, 0.05) is 26.7 Å². The number of Topliss-reactive ketones (excluding diaryl/α,β-unsaturated/α-hetero) is 1. The normalized spacial score (nSPS) is 21.7. The Hall–Kier alpha value is -0.450. The van der Waals surface area contributed by atoms with Gasteiger partial charge in [-0.1, -0.05) is 6.92 Å². The number of nitrogens with one attached hydrogen (secondary N) is 1. The molecular formula is C12H23NO3. The molecule has 16 heavy (non-hydrogen) atoms. The second-order valence-electron chi connectivity index (χ2n) is 4.29. The lowest BCUT2D eigenvalue weighted by atomic mass is 9.88. The van der Waals surface area contributed by atoms with Crippen LogP contribution in [0.25, 0.3) is 0 Å². The Labute approximate surface area is 97.7 Å². The fourth-order valence-electron chi connectivity index (χ4n) is 2.08. The van der Waals surface area contributed by atoms with E-state index in [1.54, 1.807) is 7.11 Å².